The van der Waals surface area contributed by atoms with E-state index in [0.29, 0.717) is 32.7 Å². The number of aliphatic hydroxyl groups excluding tert-OH is 2. The van der Waals surface area contributed by atoms with Gasteiger partial charge in [0.15, 0.2) is 0 Å². The molecular formula is C18H19N3O4Se. The molecule has 0 bridgehead atoms. The summed E-state index contributed by atoms with van der Waals surface area (Å²) in [4.78, 5) is 20.7. The minimum absolute atomic E-state index is 0.0897. The summed E-state index contributed by atoms with van der Waals surface area (Å²) in [5.74, 6) is 0.860. The number of anilines is 2. The third-order valence-corrected chi connectivity index (χ3v) is 6.19. The minimum atomic E-state index is -0.319. The number of rotatable bonds is 5. The maximum atomic E-state index is 11.8. The molecule has 3 rings (SSSR count). The number of carbonyl (C=O) groups is 1. The van der Waals surface area contributed by atoms with Gasteiger partial charge in [-0.05, 0) is 0 Å². The maximum absolute atomic E-state index is 11.8. The topological polar surface area (TPSA) is 105 Å². The SMILES string of the molecule is COC(=O)c1cc(Nc2nc(C)nc3cc(CO)c(CO)cc23)c(C)[se]1. The van der Waals surface area contributed by atoms with Gasteiger partial charge in [0.05, 0.1) is 0 Å². The quantitative estimate of drug-likeness (QED) is 0.427. The summed E-state index contributed by atoms with van der Waals surface area (Å²) in [6.07, 6.45) is 0. The molecule has 3 N–H and O–H groups in total. The molecule has 0 fully saturated rings. The number of fused-ring (bicyclic) bond motifs is 1. The summed E-state index contributed by atoms with van der Waals surface area (Å²) in [6, 6.07) is 5.33. The predicted octanol–water partition coefficient (Wildman–Crippen LogP) is 1.82. The zero-order valence-electron chi connectivity index (χ0n) is 14.7. The molecule has 0 spiro atoms. The van der Waals surface area contributed by atoms with Crippen LogP contribution in [0, 0.1) is 13.8 Å². The Bertz CT molecular complexity index is 984. The Morgan fingerprint density at radius 1 is 1.15 bits per heavy atom. The summed E-state index contributed by atoms with van der Waals surface area (Å²) >= 11 is -0.0897. The van der Waals surface area contributed by atoms with Crippen molar-refractivity contribution in [2.24, 2.45) is 0 Å². The Hall–Kier alpha value is -2.25. The van der Waals surface area contributed by atoms with Crippen LogP contribution in [0.2, 0.25) is 0 Å². The van der Waals surface area contributed by atoms with Gasteiger partial charge in [-0.25, -0.2) is 0 Å². The van der Waals surface area contributed by atoms with E-state index in [1.807, 2.05) is 6.92 Å². The van der Waals surface area contributed by atoms with Gasteiger partial charge in [0.1, 0.15) is 0 Å². The van der Waals surface area contributed by atoms with E-state index >= 15 is 0 Å². The second-order valence-electron chi connectivity index (χ2n) is 5.77. The van der Waals surface area contributed by atoms with Crippen LogP contribution in [0.5, 0.6) is 0 Å². The Labute approximate surface area is 156 Å². The van der Waals surface area contributed by atoms with Gasteiger partial charge in [-0.15, -0.1) is 0 Å². The van der Waals surface area contributed by atoms with Crippen molar-refractivity contribution in [3.05, 3.63) is 44.0 Å². The van der Waals surface area contributed by atoms with Crippen LogP contribution in [0.15, 0.2) is 18.2 Å². The van der Waals surface area contributed by atoms with Crippen LogP contribution in [0.1, 0.15) is 30.6 Å². The molecule has 0 aliphatic carbocycles. The zero-order valence-corrected chi connectivity index (χ0v) is 16.4. The molecule has 2 heterocycles. The fourth-order valence-electron chi connectivity index (χ4n) is 2.70. The average molecular weight is 420 g/mol. The van der Waals surface area contributed by atoms with Gasteiger partial charge in [-0.1, -0.05) is 0 Å². The van der Waals surface area contributed by atoms with E-state index in [0.717, 1.165) is 15.5 Å². The first-order valence-electron chi connectivity index (χ1n) is 7.94. The second-order valence-corrected chi connectivity index (χ2v) is 8.41. The number of carbonyl (C=O) groups excluding carboxylic acids is 1. The molecule has 3 aromatic rings. The summed E-state index contributed by atoms with van der Waals surface area (Å²) < 4.78 is 6.52. The van der Waals surface area contributed by atoms with E-state index in [-0.39, 0.29) is 33.7 Å². The summed E-state index contributed by atoms with van der Waals surface area (Å²) in [5.41, 5.74) is 2.76. The average Bonchev–Trinajstić information content (AvgIpc) is 3.00. The molecule has 7 nitrogen and oxygen atoms in total. The number of ether oxygens (including phenoxy) is 1. The summed E-state index contributed by atoms with van der Waals surface area (Å²) in [7, 11) is 1.37. The van der Waals surface area contributed by atoms with E-state index in [4.69, 9.17) is 4.74 Å². The van der Waals surface area contributed by atoms with Crippen LogP contribution < -0.4 is 5.32 Å². The molecule has 0 saturated carbocycles. The summed E-state index contributed by atoms with van der Waals surface area (Å²) in [5, 5.41) is 23.1. The van der Waals surface area contributed by atoms with Gasteiger partial charge in [0.2, 0.25) is 0 Å². The summed E-state index contributed by atoms with van der Waals surface area (Å²) in [6.45, 7) is 3.40. The Morgan fingerprint density at radius 3 is 2.50 bits per heavy atom. The fraction of sp³-hybridized carbons (Fsp3) is 0.278. The number of esters is 1. The first kappa shape index (κ1) is 18.5. The molecule has 136 valence electrons. The molecule has 0 aliphatic rings. The molecule has 0 saturated heterocycles. The number of nitrogens with zero attached hydrogens (tertiary/aromatic N) is 2. The van der Waals surface area contributed by atoms with Crippen LogP contribution in [0.4, 0.5) is 11.5 Å². The van der Waals surface area contributed by atoms with Crippen molar-refractivity contribution >= 4 is 42.9 Å². The first-order valence-corrected chi connectivity index (χ1v) is 9.65. The van der Waals surface area contributed by atoms with Gasteiger partial charge in [-0.2, -0.15) is 0 Å². The van der Waals surface area contributed by atoms with Gasteiger partial charge >= 0.3 is 156 Å². The number of aliphatic hydroxyl groups is 2. The van der Waals surface area contributed by atoms with Gasteiger partial charge in [0.25, 0.3) is 0 Å². The molecule has 0 unspecified atom stereocenters. The number of aryl methyl sites for hydroxylation is 2. The Kier molecular flexibility index (Phi) is 5.38. The standard InChI is InChI=1S/C18H19N3O4Se/c1-9-14(6-16(26-9)18(24)25-3)21-17-13-4-11(7-22)12(8-23)5-15(13)19-10(2)20-17/h4-6,22-23H,7-8H2,1-3H3,(H,19,20,21). The number of benzene rings is 1. The molecule has 0 amide bonds. The van der Waals surface area contributed by atoms with Crippen molar-refractivity contribution in [1.82, 2.24) is 9.97 Å². The van der Waals surface area contributed by atoms with E-state index < -0.39 is 0 Å². The van der Waals surface area contributed by atoms with E-state index in [1.165, 1.54) is 7.11 Å². The zero-order chi connectivity index (χ0) is 18.8. The van der Waals surface area contributed by atoms with Crippen molar-refractivity contribution in [3.8, 4) is 0 Å². The van der Waals surface area contributed by atoms with Crippen molar-refractivity contribution in [1.29, 1.82) is 0 Å². The van der Waals surface area contributed by atoms with Crippen molar-refractivity contribution in [2.45, 2.75) is 27.1 Å². The van der Waals surface area contributed by atoms with Crippen molar-refractivity contribution in [2.75, 3.05) is 12.4 Å². The van der Waals surface area contributed by atoms with Crippen LogP contribution >= 0.6 is 0 Å². The molecule has 0 aliphatic heterocycles. The third-order valence-electron chi connectivity index (χ3n) is 4.03. The van der Waals surface area contributed by atoms with E-state index in [9.17, 15) is 15.0 Å². The van der Waals surface area contributed by atoms with Crippen LogP contribution in [-0.2, 0) is 18.0 Å². The molecule has 0 atom stereocenters. The van der Waals surface area contributed by atoms with Gasteiger partial charge in [-0.3, -0.25) is 0 Å². The molecule has 8 heteroatoms. The van der Waals surface area contributed by atoms with Crippen molar-refractivity contribution in [3.63, 3.8) is 0 Å². The molecule has 1 aromatic carbocycles. The van der Waals surface area contributed by atoms with E-state index in [2.05, 4.69) is 15.3 Å². The second kappa shape index (κ2) is 7.55. The Balaban J connectivity index is 2.10. The number of aromatic nitrogens is 2. The molecule has 0 radical (unpaired) electrons. The normalized spacial score (nSPS) is 11.0. The number of hydrogen-bond acceptors (Lipinski definition) is 7. The number of methoxy groups -OCH3 is 1. The van der Waals surface area contributed by atoms with Crippen LogP contribution in [-0.4, -0.2) is 47.8 Å². The van der Waals surface area contributed by atoms with Crippen LogP contribution in [0.3, 0.4) is 0 Å². The molecule has 2 aromatic heterocycles. The monoisotopic (exact) mass is 421 g/mol. The molecular weight excluding hydrogens is 401 g/mol. The van der Waals surface area contributed by atoms with Gasteiger partial charge in [0, 0.05) is 0 Å². The van der Waals surface area contributed by atoms with Gasteiger partial charge < -0.3 is 0 Å². The first-order chi connectivity index (χ1) is 12.5. The van der Waals surface area contributed by atoms with E-state index in [1.54, 1.807) is 25.1 Å². The van der Waals surface area contributed by atoms with Crippen LogP contribution in [0.25, 0.3) is 10.9 Å². The number of nitrogens with one attached hydrogen (secondary N) is 1. The third kappa shape index (κ3) is 3.50. The van der Waals surface area contributed by atoms with Crippen molar-refractivity contribution < 1.29 is 19.7 Å². The Morgan fingerprint density at radius 2 is 1.85 bits per heavy atom. The number of hydrogen-bond donors (Lipinski definition) is 3. The predicted molar refractivity (Wildman–Crippen MR) is 98.9 cm³/mol. The fourth-order valence-corrected chi connectivity index (χ4v) is 4.58. The molecule has 26 heavy (non-hydrogen) atoms.